The first-order chi connectivity index (χ1) is 16.5. The van der Waals surface area contributed by atoms with Crippen molar-refractivity contribution in [2.24, 2.45) is 5.92 Å². The van der Waals surface area contributed by atoms with Gasteiger partial charge < -0.3 is 15.8 Å². The van der Waals surface area contributed by atoms with Crippen LogP contribution in [0.2, 0.25) is 0 Å². The monoisotopic (exact) mass is 497 g/mol. The predicted octanol–water partition coefficient (Wildman–Crippen LogP) is 5.93. The minimum atomic E-state index is -5.17. The molecule has 2 aromatic heterocycles. The van der Waals surface area contributed by atoms with Crippen LogP contribution in [0.4, 0.5) is 27.6 Å². The molecule has 5 rings (SSSR count). The van der Waals surface area contributed by atoms with E-state index in [1.165, 1.54) is 10.9 Å². The Morgan fingerprint density at radius 3 is 2.37 bits per heavy atom. The van der Waals surface area contributed by atoms with Crippen molar-refractivity contribution in [3.8, 4) is 17.0 Å². The van der Waals surface area contributed by atoms with Gasteiger partial charge in [0, 0.05) is 23.1 Å². The highest BCUT2D eigenvalue weighted by Gasteiger charge is 2.37. The number of anilines is 1. The molecule has 2 saturated carbocycles. The van der Waals surface area contributed by atoms with Gasteiger partial charge in [-0.2, -0.15) is 5.10 Å². The standard InChI is InChI=1S/C19H15F5N4O.C5H13N/c20-13-6-9(25)5-11(18(13)29-19(22,23)24)16-14(21)17-12(15(27-16)8-1-2-8)7-26-28(17)10-3-4-10;1-5(2)4-6-3/h5-8,10H,1-4,25H2;5-6H,4H2,1-3H3. The molecular weight excluding hydrogens is 469 g/mol. The van der Waals surface area contributed by atoms with Gasteiger partial charge in [-0.05, 0) is 51.3 Å². The molecule has 0 unspecified atom stereocenters. The van der Waals surface area contributed by atoms with E-state index in [4.69, 9.17) is 5.73 Å². The summed E-state index contributed by atoms with van der Waals surface area (Å²) in [7, 11) is 1.97. The lowest BCUT2D eigenvalue weighted by atomic mass is 10.0. The Hall–Kier alpha value is -2.95. The number of nitrogen functional groups attached to an aromatic ring is 1. The quantitative estimate of drug-likeness (QED) is 0.326. The van der Waals surface area contributed by atoms with Crippen LogP contribution in [0.1, 0.15) is 57.2 Å². The van der Waals surface area contributed by atoms with Gasteiger partial charge in [0.2, 0.25) is 0 Å². The first-order valence-electron chi connectivity index (χ1n) is 11.6. The van der Waals surface area contributed by atoms with Crippen molar-refractivity contribution in [1.82, 2.24) is 20.1 Å². The minimum Gasteiger partial charge on any atom is -0.402 e. The number of aromatic nitrogens is 3. The molecule has 0 atom stereocenters. The molecular formula is C24H28F5N5O. The summed E-state index contributed by atoms with van der Waals surface area (Å²) < 4.78 is 73.9. The molecule has 2 fully saturated rings. The highest BCUT2D eigenvalue weighted by molar-refractivity contribution is 5.88. The van der Waals surface area contributed by atoms with Gasteiger partial charge in [-0.3, -0.25) is 4.68 Å². The fourth-order valence-electron chi connectivity index (χ4n) is 3.97. The average molecular weight is 498 g/mol. The minimum absolute atomic E-state index is 0.0350. The van der Waals surface area contributed by atoms with Crippen LogP contribution in [-0.2, 0) is 0 Å². The van der Waals surface area contributed by atoms with Gasteiger partial charge in [0.05, 0.1) is 23.5 Å². The Balaban J connectivity index is 0.000000431. The summed E-state index contributed by atoms with van der Waals surface area (Å²) in [5, 5.41) is 7.87. The number of alkyl halides is 3. The van der Waals surface area contributed by atoms with Crippen molar-refractivity contribution >= 4 is 16.6 Å². The maximum Gasteiger partial charge on any atom is 0.573 e. The molecule has 0 spiro atoms. The zero-order chi connectivity index (χ0) is 25.5. The van der Waals surface area contributed by atoms with Crippen LogP contribution in [0, 0.1) is 17.6 Å². The number of rotatable bonds is 6. The number of halogens is 5. The Morgan fingerprint density at radius 2 is 1.86 bits per heavy atom. The number of nitrogens with one attached hydrogen (secondary N) is 1. The fourth-order valence-corrected chi connectivity index (χ4v) is 3.97. The summed E-state index contributed by atoms with van der Waals surface area (Å²) in [5.41, 5.74) is 5.26. The number of nitrogens with zero attached hydrogens (tertiary/aromatic N) is 3. The van der Waals surface area contributed by atoms with E-state index in [-0.39, 0.29) is 23.2 Å². The van der Waals surface area contributed by atoms with E-state index in [0.29, 0.717) is 17.1 Å². The Kier molecular flexibility index (Phi) is 6.90. The summed E-state index contributed by atoms with van der Waals surface area (Å²) in [6.07, 6.45) is -0.294. The largest absolute Gasteiger partial charge is 0.573 e. The molecule has 35 heavy (non-hydrogen) atoms. The van der Waals surface area contributed by atoms with Crippen molar-refractivity contribution < 1.29 is 26.7 Å². The lowest BCUT2D eigenvalue weighted by Gasteiger charge is -2.16. The van der Waals surface area contributed by atoms with Crippen LogP contribution in [0.3, 0.4) is 0 Å². The number of nitrogens with two attached hydrogens (primary N) is 1. The lowest BCUT2D eigenvalue weighted by Crippen LogP contribution is -2.19. The topological polar surface area (TPSA) is 78.0 Å². The number of benzene rings is 1. The molecule has 1 aromatic carbocycles. The summed E-state index contributed by atoms with van der Waals surface area (Å²) in [4.78, 5) is 4.30. The van der Waals surface area contributed by atoms with Crippen molar-refractivity contribution in [2.45, 2.75) is 57.9 Å². The summed E-state index contributed by atoms with van der Waals surface area (Å²) in [6, 6.07) is 1.76. The number of ether oxygens (including phenoxy) is 1. The first kappa shape index (κ1) is 25.2. The second kappa shape index (κ2) is 9.60. The van der Waals surface area contributed by atoms with Crippen molar-refractivity contribution in [1.29, 1.82) is 0 Å². The molecule has 190 valence electrons. The number of hydrogen-bond acceptors (Lipinski definition) is 5. The third-order valence-electron chi connectivity index (χ3n) is 5.73. The summed E-state index contributed by atoms with van der Waals surface area (Å²) in [5.74, 6) is -2.52. The highest BCUT2D eigenvalue weighted by Crippen LogP contribution is 2.47. The predicted molar refractivity (Wildman–Crippen MR) is 123 cm³/mol. The highest BCUT2D eigenvalue weighted by atomic mass is 19.4. The molecule has 0 saturated heterocycles. The second-order valence-corrected chi connectivity index (χ2v) is 9.40. The van der Waals surface area contributed by atoms with Gasteiger partial charge >= 0.3 is 6.36 Å². The van der Waals surface area contributed by atoms with E-state index in [9.17, 15) is 17.6 Å². The van der Waals surface area contributed by atoms with Crippen LogP contribution in [0.25, 0.3) is 22.2 Å². The SMILES string of the molecule is CNCC(C)C.Nc1cc(F)c(OC(F)(F)F)c(-c2nc(C3CC3)c3cnn(C4CC4)c3c2F)c1. The number of fused-ring (bicyclic) bond motifs is 1. The first-order valence-corrected chi connectivity index (χ1v) is 11.6. The van der Waals surface area contributed by atoms with Gasteiger partial charge in [-0.1, -0.05) is 13.8 Å². The average Bonchev–Trinajstić information content (AvgIpc) is 3.68. The van der Waals surface area contributed by atoms with Gasteiger partial charge in [0.1, 0.15) is 11.2 Å². The van der Waals surface area contributed by atoms with E-state index < -0.39 is 35.0 Å². The van der Waals surface area contributed by atoms with E-state index in [1.807, 2.05) is 7.05 Å². The summed E-state index contributed by atoms with van der Waals surface area (Å²) in [6.45, 7) is 5.51. The molecule has 11 heteroatoms. The van der Waals surface area contributed by atoms with Gasteiger partial charge in [-0.15, -0.1) is 13.2 Å². The summed E-state index contributed by atoms with van der Waals surface area (Å²) >= 11 is 0. The Morgan fingerprint density at radius 1 is 1.17 bits per heavy atom. The van der Waals surface area contributed by atoms with E-state index in [2.05, 4.69) is 34.0 Å². The second-order valence-electron chi connectivity index (χ2n) is 9.40. The molecule has 3 aromatic rings. The third kappa shape index (κ3) is 5.66. The molecule has 0 aliphatic heterocycles. The van der Waals surface area contributed by atoms with E-state index >= 15 is 4.39 Å². The van der Waals surface area contributed by atoms with Gasteiger partial charge in [0.25, 0.3) is 0 Å². The molecule has 6 nitrogen and oxygen atoms in total. The zero-order valence-corrected chi connectivity index (χ0v) is 19.7. The maximum absolute atomic E-state index is 15.6. The zero-order valence-electron chi connectivity index (χ0n) is 19.7. The molecule has 0 radical (unpaired) electrons. The third-order valence-corrected chi connectivity index (χ3v) is 5.73. The molecule has 2 aliphatic rings. The lowest BCUT2D eigenvalue weighted by molar-refractivity contribution is -0.275. The Bertz CT molecular complexity index is 1220. The van der Waals surface area contributed by atoms with E-state index in [1.54, 1.807) is 0 Å². The normalized spacial score (nSPS) is 15.9. The molecule has 0 amide bonds. The Labute approximate surface area is 199 Å². The van der Waals surface area contributed by atoms with Gasteiger partial charge in [0.15, 0.2) is 17.4 Å². The van der Waals surface area contributed by atoms with Crippen molar-refractivity contribution in [2.75, 3.05) is 19.3 Å². The molecule has 2 aliphatic carbocycles. The molecule has 0 bridgehead atoms. The van der Waals surface area contributed by atoms with Crippen LogP contribution >= 0.6 is 0 Å². The maximum atomic E-state index is 15.6. The van der Waals surface area contributed by atoms with Crippen LogP contribution in [0.15, 0.2) is 18.3 Å². The van der Waals surface area contributed by atoms with Crippen molar-refractivity contribution in [3.63, 3.8) is 0 Å². The van der Waals surface area contributed by atoms with Crippen molar-refractivity contribution in [3.05, 3.63) is 35.7 Å². The number of hydrogen-bond donors (Lipinski definition) is 2. The van der Waals surface area contributed by atoms with E-state index in [0.717, 1.165) is 44.2 Å². The van der Waals surface area contributed by atoms with Crippen LogP contribution in [0.5, 0.6) is 5.75 Å². The van der Waals surface area contributed by atoms with Crippen LogP contribution < -0.4 is 15.8 Å². The smallest absolute Gasteiger partial charge is 0.402 e. The molecule has 3 N–H and O–H groups in total. The number of pyridine rings is 1. The van der Waals surface area contributed by atoms with Gasteiger partial charge in [-0.25, -0.2) is 13.8 Å². The molecule has 2 heterocycles. The van der Waals surface area contributed by atoms with Crippen LogP contribution in [-0.4, -0.2) is 34.7 Å². The fraction of sp³-hybridized carbons (Fsp3) is 0.500.